The lowest BCUT2D eigenvalue weighted by Crippen LogP contribution is -2.54. The fourth-order valence-electron chi connectivity index (χ4n) is 4.53. The molecule has 0 saturated carbocycles. The Morgan fingerprint density at radius 3 is 2.40 bits per heavy atom. The molecular weight excluding hydrogens is 575 g/mol. The Bertz CT molecular complexity index is 1470. The second-order valence-electron chi connectivity index (χ2n) is 9.78. The van der Waals surface area contributed by atoms with E-state index in [1.54, 1.807) is 0 Å². The molecule has 2 atom stereocenters. The summed E-state index contributed by atoms with van der Waals surface area (Å²) in [4.78, 5) is 19.0. The van der Waals surface area contributed by atoms with Crippen molar-refractivity contribution in [2.24, 2.45) is 0 Å². The van der Waals surface area contributed by atoms with E-state index in [1.807, 2.05) is 30.3 Å². The van der Waals surface area contributed by atoms with Crippen LogP contribution in [0, 0.1) is 11.6 Å². The number of halogens is 5. The Labute approximate surface area is 244 Å². The number of hydrogen-bond donors (Lipinski definition) is 1. The summed E-state index contributed by atoms with van der Waals surface area (Å²) in [7, 11) is 0. The molecule has 228 valence electrons. The molecule has 0 unspecified atom stereocenters. The second-order valence-corrected chi connectivity index (χ2v) is 9.78. The zero-order chi connectivity index (χ0) is 31.0. The number of ether oxygens (including phenoxy) is 2. The monoisotopic (exact) mass is 604 g/mol. The number of alkyl halides is 3. The van der Waals surface area contributed by atoms with E-state index in [0.717, 1.165) is 17.7 Å². The highest BCUT2D eigenvalue weighted by Crippen LogP contribution is 2.33. The molecule has 0 aliphatic carbocycles. The van der Waals surface area contributed by atoms with Crippen LogP contribution in [-0.4, -0.2) is 62.7 Å². The highest BCUT2D eigenvalue weighted by atomic mass is 19.4. The number of hydrogen-bond acceptors (Lipinski definition) is 6. The fourth-order valence-corrected chi connectivity index (χ4v) is 4.53. The summed E-state index contributed by atoms with van der Waals surface area (Å²) >= 11 is 0. The molecule has 0 bridgehead atoms. The predicted molar refractivity (Wildman–Crippen MR) is 145 cm³/mol. The standard InChI is InChI=1S/C30H29F5N4O4/c1-21(29(41,17-38-20-36-19-37-38)26-12-9-24(31)15-27(26)32)39(13-14-42-16-22-5-3-2-4-6-22)28(40)23-7-10-25(11-8-23)43-18-30(33,34)35/h2-12,15,19-21,41H,13-14,16-18H2,1H3/t21-,29-/m1/s1. The van der Waals surface area contributed by atoms with Crippen LogP contribution in [0.15, 0.2) is 85.5 Å². The fraction of sp³-hybridized carbons (Fsp3) is 0.300. The van der Waals surface area contributed by atoms with Crippen molar-refractivity contribution in [2.45, 2.75) is 37.9 Å². The van der Waals surface area contributed by atoms with E-state index in [2.05, 4.69) is 10.1 Å². The zero-order valence-corrected chi connectivity index (χ0v) is 23.0. The van der Waals surface area contributed by atoms with E-state index in [1.165, 1.54) is 53.4 Å². The van der Waals surface area contributed by atoms with Gasteiger partial charge in [0.1, 0.15) is 35.6 Å². The minimum absolute atomic E-state index is 0.0169. The number of aliphatic hydroxyl groups is 1. The van der Waals surface area contributed by atoms with Crippen LogP contribution in [0.2, 0.25) is 0 Å². The summed E-state index contributed by atoms with van der Waals surface area (Å²) in [6.07, 6.45) is -2.02. The van der Waals surface area contributed by atoms with Gasteiger partial charge in [0.25, 0.3) is 5.91 Å². The third-order valence-corrected chi connectivity index (χ3v) is 6.78. The van der Waals surface area contributed by atoms with Crippen molar-refractivity contribution in [3.05, 3.63) is 114 Å². The first kappa shape index (κ1) is 31.6. The van der Waals surface area contributed by atoms with Gasteiger partial charge in [-0.2, -0.15) is 18.3 Å². The van der Waals surface area contributed by atoms with Crippen LogP contribution in [0.4, 0.5) is 22.0 Å². The number of carbonyl (C=O) groups excluding carboxylic acids is 1. The molecule has 4 rings (SSSR count). The molecule has 0 saturated heterocycles. The first-order valence-corrected chi connectivity index (χ1v) is 13.2. The van der Waals surface area contributed by atoms with Gasteiger partial charge in [-0.15, -0.1) is 0 Å². The van der Waals surface area contributed by atoms with Gasteiger partial charge in [-0.05, 0) is 42.8 Å². The second kappa shape index (κ2) is 13.7. The number of carbonyl (C=O) groups is 1. The molecule has 3 aromatic carbocycles. The third-order valence-electron chi connectivity index (χ3n) is 6.78. The molecule has 43 heavy (non-hydrogen) atoms. The first-order valence-electron chi connectivity index (χ1n) is 13.2. The van der Waals surface area contributed by atoms with Crippen molar-refractivity contribution in [2.75, 3.05) is 19.8 Å². The Kier molecular flexibility index (Phi) is 10.1. The lowest BCUT2D eigenvalue weighted by molar-refractivity contribution is -0.153. The average molecular weight is 605 g/mol. The highest BCUT2D eigenvalue weighted by molar-refractivity contribution is 5.94. The molecule has 0 radical (unpaired) electrons. The molecule has 0 spiro atoms. The Balaban J connectivity index is 1.64. The summed E-state index contributed by atoms with van der Waals surface area (Å²) in [5, 5.41) is 16.1. The molecule has 1 aromatic heterocycles. The summed E-state index contributed by atoms with van der Waals surface area (Å²) in [6, 6.07) is 15.8. The summed E-state index contributed by atoms with van der Waals surface area (Å²) in [5.74, 6) is -2.62. The van der Waals surface area contributed by atoms with Gasteiger partial charge in [0.05, 0.1) is 25.8 Å². The van der Waals surface area contributed by atoms with Crippen LogP contribution >= 0.6 is 0 Å². The van der Waals surface area contributed by atoms with Crippen LogP contribution in [0.1, 0.15) is 28.4 Å². The minimum atomic E-state index is -4.54. The Morgan fingerprint density at radius 2 is 1.77 bits per heavy atom. The molecule has 4 aromatic rings. The maximum absolute atomic E-state index is 15.1. The number of benzene rings is 3. The summed E-state index contributed by atoms with van der Waals surface area (Å²) < 4.78 is 78.4. The van der Waals surface area contributed by atoms with Gasteiger partial charge >= 0.3 is 6.18 Å². The van der Waals surface area contributed by atoms with Gasteiger partial charge in [-0.3, -0.25) is 4.79 Å². The minimum Gasteiger partial charge on any atom is -0.484 e. The molecule has 1 heterocycles. The maximum Gasteiger partial charge on any atom is 0.422 e. The van der Waals surface area contributed by atoms with Gasteiger partial charge in [-0.1, -0.05) is 36.4 Å². The van der Waals surface area contributed by atoms with Gasteiger partial charge in [0, 0.05) is 23.7 Å². The number of rotatable bonds is 13. The van der Waals surface area contributed by atoms with Gasteiger partial charge in [0.15, 0.2) is 6.61 Å². The van der Waals surface area contributed by atoms with E-state index in [9.17, 15) is 27.5 Å². The summed E-state index contributed by atoms with van der Waals surface area (Å²) in [6.45, 7) is -0.172. The van der Waals surface area contributed by atoms with Crippen molar-refractivity contribution in [3.63, 3.8) is 0 Å². The molecule has 1 N–H and O–H groups in total. The molecule has 1 amide bonds. The SMILES string of the molecule is C[C@@H](N(CCOCc1ccccc1)C(=O)c1ccc(OCC(F)(F)F)cc1)[C@](O)(Cn1cncn1)c1ccc(F)cc1F. The molecular formula is C30H29F5N4O4. The van der Waals surface area contributed by atoms with Crippen molar-refractivity contribution in [3.8, 4) is 5.75 Å². The molecule has 8 nitrogen and oxygen atoms in total. The highest BCUT2D eigenvalue weighted by Gasteiger charge is 2.43. The predicted octanol–water partition coefficient (Wildman–Crippen LogP) is 5.13. The maximum atomic E-state index is 15.1. The first-order chi connectivity index (χ1) is 20.5. The number of nitrogens with zero attached hydrogens (tertiary/aromatic N) is 4. The van der Waals surface area contributed by atoms with E-state index in [-0.39, 0.29) is 43.2 Å². The van der Waals surface area contributed by atoms with E-state index in [0.29, 0.717) is 6.07 Å². The quantitative estimate of drug-likeness (QED) is 0.168. The van der Waals surface area contributed by atoms with Crippen LogP contribution in [0.5, 0.6) is 5.75 Å². The van der Waals surface area contributed by atoms with E-state index >= 15 is 4.39 Å². The normalized spacial score (nSPS) is 13.7. The summed E-state index contributed by atoms with van der Waals surface area (Å²) in [5.41, 5.74) is -1.47. The largest absolute Gasteiger partial charge is 0.484 e. The number of aromatic nitrogens is 3. The van der Waals surface area contributed by atoms with Crippen molar-refractivity contribution >= 4 is 5.91 Å². The lowest BCUT2D eigenvalue weighted by atomic mass is 9.85. The van der Waals surface area contributed by atoms with Crippen molar-refractivity contribution in [1.82, 2.24) is 19.7 Å². The molecule has 0 aliphatic heterocycles. The van der Waals surface area contributed by atoms with Gasteiger partial charge in [-0.25, -0.2) is 18.4 Å². The number of amides is 1. The Hall–Kier alpha value is -4.36. The lowest BCUT2D eigenvalue weighted by Gasteiger charge is -2.41. The van der Waals surface area contributed by atoms with Gasteiger partial charge < -0.3 is 19.5 Å². The Morgan fingerprint density at radius 1 is 1.05 bits per heavy atom. The molecule has 0 aliphatic rings. The van der Waals surface area contributed by atoms with Gasteiger partial charge in [0.2, 0.25) is 0 Å². The van der Waals surface area contributed by atoms with Crippen molar-refractivity contribution in [1.29, 1.82) is 0 Å². The smallest absolute Gasteiger partial charge is 0.422 e. The average Bonchev–Trinajstić information content (AvgIpc) is 3.48. The van der Waals surface area contributed by atoms with E-state index in [4.69, 9.17) is 9.47 Å². The van der Waals surface area contributed by atoms with Crippen LogP contribution in [0.25, 0.3) is 0 Å². The zero-order valence-electron chi connectivity index (χ0n) is 23.0. The van der Waals surface area contributed by atoms with Crippen molar-refractivity contribution < 1.29 is 41.3 Å². The van der Waals surface area contributed by atoms with E-state index < -0.39 is 42.0 Å². The molecule has 0 fully saturated rings. The molecule has 13 heteroatoms. The van der Waals surface area contributed by atoms with Crippen LogP contribution < -0.4 is 4.74 Å². The third kappa shape index (κ3) is 8.36. The van der Waals surface area contributed by atoms with Crippen LogP contribution in [0.3, 0.4) is 0 Å². The topological polar surface area (TPSA) is 89.7 Å². The van der Waals surface area contributed by atoms with Crippen LogP contribution in [-0.2, 0) is 23.5 Å².